The second-order valence-electron chi connectivity index (χ2n) is 10.6. The zero-order valence-corrected chi connectivity index (χ0v) is 24.0. The van der Waals surface area contributed by atoms with Gasteiger partial charge in [-0.05, 0) is 45.2 Å². The molecule has 0 bridgehead atoms. The number of Topliss-reactive ketones (excluding diaryl/α,β-unsaturated/α-hetero) is 1. The van der Waals surface area contributed by atoms with E-state index in [0.29, 0.717) is 52.3 Å². The van der Waals surface area contributed by atoms with E-state index in [1.165, 1.54) is 42.2 Å². The highest BCUT2D eigenvalue weighted by Gasteiger charge is 2.36. The number of carbonyl (C=O) groups is 2. The Hall–Kier alpha value is -4.03. The van der Waals surface area contributed by atoms with E-state index in [1.54, 1.807) is 20.1 Å². The van der Waals surface area contributed by atoms with Crippen molar-refractivity contribution in [3.63, 3.8) is 0 Å². The van der Waals surface area contributed by atoms with E-state index in [4.69, 9.17) is 13.9 Å². The van der Waals surface area contributed by atoms with Crippen molar-refractivity contribution < 1.29 is 28.6 Å². The summed E-state index contributed by atoms with van der Waals surface area (Å²) in [6.45, 7) is 4.32. The molecule has 1 N–H and O–H groups in total. The molecule has 1 aliphatic rings. The standard InChI is InChI=1S/C29H31N3O8S/c1-16-22-25(34)32(29(2,3)27(35)36)28(37)31(26(22)41-23(16)24-30-13-14-39-24)15-21(19-7-5-6-8-20(19)38-4)40-18-11-9-17(33)10-12-18/h5-8,13-14,18,21H,9-12,15H2,1-4H3,(H,35,36). The van der Waals surface area contributed by atoms with Gasteiger partial charge in [0.1, 0.15) is 34.3 Å². The van der Waals surface area contributed by atoms with E-state index in [9.17, 15) is 24.3 Å². The fraction of sp³-hybridized carbons (Fsp3) is 0.414. The minimum atomic E-state index is -1.84. The predicted octanol–water partition coefficient (Wildman–Crippen LogP) is 4.29. The van der Waals surface area contributed by atoms with Crippen LogP contribution in [0, 0.1) is 6.92 Å². The Morgan fingerprint density at radius 3 is 2.56 bits per heavy atom. The van der Waals surface area contributed by atoms with Gasteiger partial charge in [0, 0.05) is 18.4 Å². The minimum Gasteiger partial charge on any atom is -0.496 e. The highest BCUT2D eigenvalue weighted by Crippen LogP contribution is 2.38. The maximum Gasteiger partial charge on any atom is 0.333 e. The average molecular weight is 582 g/mol. The monoisotopic (exact) mass is 581 g/mol. The molecule has 1 aliphatic carbocycles. The Morgan fingerprint density at radius 1 is 1.22 bits per heavy atom. The zero-order chi connectivity index (χ0) is 29.5. The molecule has 1 fully saturated rings. The van der Waals surface area contributed by atoms with Crippen molar-refractivity contribution in [1.29, 1.82) is 0 Å². The number of methoxy groups -OCH3 is 1. The number of thiophene rings is 1. The average Bonchev–Trinajstić information content (AvgIpc) is 3.59. The summed E-state index contributed by atoms with van der Waals surface area (Å²) in [4.78, 5) is 57.2. The summed E-state index contributed by atoms with van der Waals surface area (Å²) < 4.78 is 19.9. The predicted molar refractivity (Wildman–Crippen MR) is 152 cm³/mol. The van der Waals surface area contributed by atoms with Gasteiger partial charge >= 0.3 is 11.7 Å². The fourth-order valence-electron chi connectivity index (χ4n) is 5.23. The minimum absolute atomic E-state index is 0.0406. The van der Waals surface area contributed by atoms with Gasteiger partial charge in [-0.15, -0.1) is 11.3 Å². The van der Waals surface area contributed by atoms with Gasteiger partial charge in [0.05, 0.1) is 36.2 Å². The zero-order valence-electron chi connectivity index (χ0n) is 23.2. The summed E-state index contributed by atoms with van der Waals surface area (Å²) in [5, 5.41) is 10.2. The molecule has 4 aromatic rings. The third-order valence-electron chi connectivity index (χ3n) is 7.60. The lowest BCUT2D eigenvalue weighted by atomic mass is 9.96. The molecule has 1 atom stereocenters. The van der Waals surface area contributed by atoms with E-state index in [2.05, 4.69) is 4.98 Å². The van der Waals surface area contributed by atoms with E-state index in [0.717, 1.165) is 4.57 Å². The van der Waals surface area contributed by atoms with Crippen molar-refractivity contribution in [2.45, 2.75) is 70.7 Å². The van der Waals surface area contributed by atoms with Crippen LogP contribution in [-0.2, 0) is 26.4 Å². The van der Waals surface area contributed by atoms with Crippen LogP contribution in [0.15, 0.2) is 50.7 Å². The van der Waals surface area contributed by atoms with Crippen molar-refractivity contribution in [3.05, 3.63) is 68.7 Å². The van der Waals surface area contributed by atoms with Gasteiger partial charge < -0.3 is 19.0 Å². The summed E-state index contributed by atoms with van der Waals surface area (Å²) in [5.41, 5.74) is -2.12. The van der Waals surface area contributed by atoms with Gasteiger partial charge in [-0.1, -0.05) is 18.2 Å². The number of aromatic nitrogens is 3. The molecule has 5 rings (SSSR count). The molecule has 41 heavy (non-hydrogen) atoms. The number of benzene rings is 1. The fourth-order valence-corrected chi connectivity index (χ4v) is 6.47. The van der Waals surface area contributed by atoms with Crippen molar-refractivity contribution in [2.24, 2.45) is 0 Å². The number of rotatable bonds is 9. The number of aliphatic carboxylic acids is 1. The van der Waals surface area contributed by atoms with Crippen LogP contribution < -0.4 is 16.0 Å². The number of ketones is 1. The highest BCUT2D eigenvalue weighted by atomic mass is 32.1. The van der Waals surface area contributed by atoms with Crippen LogP contribution in [0.4, 0.5) is 0 Å². The number of oxazole rings is 1. The molecule has 0 amide bonds. The van der Waals surface area contributed by atoms with Gasteiger partial charge in [0.15, 0.2) is 0 Å². The van der Waals surface area contributed by atoms with Crippen molar-refractivity contribution in [3.8, 4) is 16.5 Å². The molecular weight excluding hydrogens is 550 g/mol. The molecule has 11 nitrogen and oxygen atoms in total. The summed E-state index contributed by atoms with van der Waals surface area (Å²) in [7, 11) is 1.54. The molecule has 0 saturated heterocycles. The summed E-state index contributed by atoms with van der Waals surface area (Å²) in [6.07, 6.45) is 3.88. The van der Waals surface area contributed by atoms with Gasteiger partial charge in [-0.3, -0.25) is 14.2 Å². The van der Waals surface area contributed by atoms with Crippen LogP contribution in [0.25, 0.3) is 21.0 Å². The van der Waals surface area contributed by atoms with Crippen LogP contribution in [0.3, 0.4) is 0 Å². The van der Waals surface area contributed by atoms with Crippen molar-refractivity contribution in [1.82, 2.24) is 14.1 Å². The van der Waals surface area contributed by atoms with Crippen LogP contribution in [-0.4, -0.2) is 44.2 Å². The Kier molecular flexibility index (Phi) is 7.71. The number of fused-ring (bicyclic) bond motifs is 1. The first kappa shape index (κ1) is 28.5. The Balaban J connectivity index is 1.74. The van der Waals surface area contributed by atoms with Crippen LogP contribution in [0.2, 0.25) is 0 Å². The van der Waals surface area contributed by atoms with Gasteiger partial charge in [-0.2, -0.15) is 0 Å². The van der Waals surface area contributed by atoms with Gasteiger partial charge in [-0.25, -0.2) is 19.1 Å². The highest BCUT2D eigenvalue weighted by molar-refractivity contribution is 7.22. The first-order valence-electron chi connectivity index (χ1n) is 13.3. The quantitative estimate of drug-likeness (QED) is 0.306. The van der Waals surface area contributed by atoms with E-state index in [1.807, 2.05) is 18.2 Å². The molecule has 3 heterocycles. The summed E-state index contributed by atoms with van der Waals surface area (Å²) in [5.74, 6) is -0.299. The number of carbonyl (C=O) groups excluding carboxylic acids is 1. The summed E-state index contributed by atoms with van der Waals surface area (Å²) in [6, 6.07) is 7.29. The maximum absolute atomic E-state index is 14.1. The Labute approximate surface area is 239 Å². The van der Waals surface area contributed by atoms with Crippen LogP contribution in [0.1, 0.15) is 56.8 Å². The van der Waals surface area contributed by atoms with Gasteiger partial charge in [0.2, 0.25) is 5.89 Å². The topological polar surface area (TPSA) is 143 Å². The Morgan fingerprint density at radius 2 is 1.93 bits per heavy atom. The number of hydrogen-bond donors (Lipinski definition) is 1. The lowest BCUT2D eigenvalue weighted by molar-refractivity contribution is -0.146. The second kappa shape index (κ2) is 11.1. The first-order chi connectivity index (χ1) is 19.5. The third kappa shape index (κ3) is 5.13. The third-order valence-corrected chi connectivity index (χ3v) is 8.91. The normalized spacial score (nSPS) is 15.4. The second-order valence-corrected chi connectivity index (χ2v) is 11.6. The number of para-hydroxylation sites is 1. The molecular formula is C29H31N3O8S. The maximum atomic E-state index is 14.1. The number of carboxylic acids is 1. The SMILES string of the molecule is COc1ccccc1C(Cn1c(=O)n(C(C)(C)C(=O)O)c(=O)c2c(C)c(-c3ncco3)sc21)OC1CCC(=O)CC1. The molecule has 3 aromatic heterocycles. The number of carboxylic acid groups (broad SMARTS) is 1. The number of ether oxygens (including phenoxy) is 2. The molecule has 216 valence electrons. The van der Waals surface area contributed by atoms with Gasteiger partial charge in [0.25, 0.3) is 5.56 Å². The lowest BCUT2D eigenvalue weighted by Crippen LogP contribution is -2.52. The van der Waals surface area contributed by atoms with E-state index < -0.39 is 28.9 Å². The van der Waals surface area contributed by atoms with E-state index in [-0.39, 0.29) is 29.7 Å². The Bertz CT molecular complexity index is 1720. The molecule has 0 aliphatic heterocycles. The van der Waals surface area contributed by atoms with Crippen molar-refractivity contribution in [2.75, 3.05) is 7.11 Å². The molecule has 1 aromatic carbocycles. The molecule has 0 radical (unpaired) electrons. The smallest absolute Gasteiger partial charge is 0.333 e. The van der Waals surface area contributed by atoms with Crippen LogP contribution >= 0.6 is 11.3 Å². The molecule has 1 unspecified atom stereocenters. The largest absolute Gasteiger partial charge is 0.496 e. The summed E-state index contributed by atoms with van der Waals surface area (Å²) >= 11 is 1.17. The molecule has 0 spiro atoms. The number of nitrogens with zero attached hydrogens (tertiary/aromatic N) is 3. The first-order valence-corrected chi connectivity index (χ1v) is 14.1. The van der Waals surface area contributed by atoms with E-state index >= 15 is 0 Å². The van der Waals surface area contributed by atoms with Crippen LogP contribution in [0.5, 0.6) is 5.75 Å². The molecule has 12 heteroatoms. The lowest BCUT2D eigenvalue weighted by Gasteiger charge is -2.29. The number of hydrogen-bond acceptors (Lipinski definition) is 9. The molecule has 1 saturated carbocycles. The number of aryl methyl sites for hydroxylation is 1. The van der Waals surface area contributed by atoms with Crippen molar-refractivity contribution >= 4 is 33.3 Å².